The fourth-order valence-electron chi connectivity index (χ4n) is 1.40. The van der Waals surface area contributed by atoms with Gasteiger partial charge in [0.05, 0.1) is 6.10 Å². The zero-order valence-corrected chi connectivity index (χ0v) is 9.79. The van der Waals surface area contributed by atoms with Crippen molar-refractivity contribution in [2.75, 3.05) is 0 Å². The molecule has 0 unspecified atom stereocenters. The molecule has 0 saturated heterocycles. The monoisotopic (exact) mass is 196 g/mol. The van der Waals surface area contributed by atoms with Gasteiger partial charge in [-0.15, -0.1) is 6.58 Å². The lowest BCUT2D eigenvalue weighted by atomic mass is 9.95. The molecule has 0 saturated carbocycles. The van der Waals surface area contributed by atoms with Crippen molar-refractivity contribution in [1.82, 2.24) is 0 Å². The predicted octanol–water partition coefficient (Wildman–Crippen LogP) is 3.70. The average Bonchev–Trinajstić information content (AvgIpc) is 2.13. The summed E-state index contributed by atoms with van der Waals surface area (Å²) in [4.78, 5) is 0. The number of allylic oxidation sites excluding steroid dienone is 3. The first-order valence-corrected chi connectivity index (χ1v) is 5.50. The largest absolute Gasteiger partial charge is 0.393 e. The summed E-state index contributed by atoms with van der Waals surface area (Å²) in [5, 5.41) is 9.75. The summed E-state index contributed by atoms with van der Waals surface area (Å²) in [6.07, 6.45) is 7.84. The van der Waals surface area contributed by atoms with E-state index in [9.17, 15) is 5.11 Å². The van der Waals surface area contributed by atoms with Crippen LogP contribution in [0.15, 0.2) is 24.3 Å². The first-order chi connectivity index (χ1) is 6.57. The van der Waals surface area contributed by atoms with Crippen LogP contribution in [0.4, 0.5) is 0 Å². The number of aliphatic hydroxyl groups is 1. The van der Waals surface area contributed by atoms with Crippen LogP contribution < -0.4 is 0 Å². The van der Waals surface area contributed by atoms with Crippen LogP contribution in [0.5, 0.6) is 0 Å². The predicted molar refractivity (Wildman–Crippen MR) is 63.3 cm³/mol. The van der Waals surface area contributed by atoms with E-state index in [-0.39, 0.29) is 6.10 Å². The molecule has 14 heavy (non-hydrogen) atoms. The van der Waals surface area contributed by atoms with Gasteiger partial charge in [-0.05, 0) is 45.4 Å². The molecule has 1 N–H and O–H groups in total. The second-order valence-electron chi connectivity index (χ2n) is 4.27. The van der Waals surface area contributed by atoms with Crippen molar-refractivity contribution >= 4 is 0 Å². The van der Waals surface area contributed by atoms with Gasteiger partial charge in [0, 0.05) is 0 Å². The normalized spacial score (nSPS) is 14.6. The summed E-state index contributed by atoms with van der Waals surface area (Å²) in [5.74, 6) is 0.394. The van der Waals surface area contributed by atoms with Crippen LogP contribution in [0, 0.1) is 5.92 Å². The second kappa shape index (κ2) is 7.81. The minimum Gasteiger partial charge on any atom is -0.393 e. The zero-order valence-electron chi connectivity index (χ0n) is 9.79. The zero-order chi connectivity index (χ0) is 11.0. The molecule has 1 nitrogen and oxygen atoms in total. The van der Waals surface area contributed by atoms with Crippen LogP contribution in [-0.2, 0) is 0 Å². The van der Waals surface area contributed by atoms with Crippen molar-refractivity contribution in [1.29, 1.82) is 0 Å². The van der Waals surface area contributed by atoms with Crippen molar-refractivity contribution in [3.63, 3.8) is 0 Å². The van der Waals surface area contributed by atoms with Gasteiger partial charge in [0.25, 0.3) is 0 Å². The van der Waals surface area contributed by atoms with Crippen LogP contribution >= 0.6 is 0 Å². The topological polar surface area (TPSA) is 20.2 Å². The van der Waals surface area contributed by atoms with Gasteiger partial charge < -0.3 is 5.11 Å². The molecule has 0 aromatic rings. The molecule has 0 aliphatic rings. The Morgan fingerprint density at radius 3 is 2.43 bits per heavy atom. The Labute approximate surface area is 88.5 Å². The molecule has 0 spiro atoms. The van der Waals surface area contributed by atoms with Gasteiger partial charge >= 0.3 is 0 Å². The molecular formula is C13H24O. The van der Waals surface area contributed by atoms with Gasteiger partial charge in [0.15, 0.2) is 0 Å². The Kier molecular flexibility index (Phi) is 7.50. The second-order valence-corrected chi connectivity index (χ2v) is 4.27. The fraction of sp³-hybridized carbons (Fsp3) is 0.692. The number of rotatable bonds is 7. The van der Waals surface area contributed by atoms with Crippen molar-refractivity contribution in [3.05, 3.63) is 24.3 Å². The Morgan fingerprint density at radius 1 is 1.29 bits per heavy atom. The van der Waals surface area contributed by atoms with Crippen LogP contribution in [0.1, 0.15) is 46.5 Å². The van der Waals surface area contributed by atoms with Crippen LogP contribution in [0.2, 0.25) is 0 Å². The van der Waals surface area contributed by atoms with Crippen LogP contribution in [0.3, 0.4) is 0 Å². The summed E-state index contributed by atoms with van der Waals surface area (Å²) in [7, 11) is 0. The maximum atomic E-state index is 9.75. The third kappa shape index (κ3) is 6.90. The summed E-state index contributed by atoms with van der Waals surface area (Å²) in [5.41, 5.74) is 1.36. The first kappa shape index (κ1) is 13.4. The van der Waals surface area contributed by atoms with E-state index in [0.29, 0.717) is 5.92 Å². The van der Waals surface area contributed by atoms with Gasteiger partial charge in [-0.3, -0.25) is 0 Å². The molecule has 0 heterocycles. The maximum absolute atomic E-state index is 9.75. The minimum atomic E-state index is -0.168. The molecule has 0 amide bonds. The van der Waals surface area contributed by atoms with E-state index >= 15 is 0 Å². The first-order valence-electron chi connectivity index (χ1n) is 5.50. The highest BCUT2D eigenvalue weighted by Crippen LogP contribution is 2.16. The standard InChI is InChI=1S/C13H24O/c1-5-6-10-13(14)12(4)9-7-8-11(2)3/h5,8,12-14H,1,6-7,9-10H2,2-4H3/t12-,13-/m1/s1. The van der Waals surface area contributed by atoms with Crippen molar-refractivity contribution in [3.8, 4) is 0 Å². The molecule has 0 fully saturated rings. The van der Waals surface area contributed by atoms with E-state index in [0.717, 1.165) is 25.7 Å². The van der Waals surface area contributed by atoms with Gasteiger partial charge in [0.1, 0.15) is 0 Å². The lowest BCUT2D eigenvalue weighted by Gasteiger charge is -2.17. The SMILES string of the molecule is C=CCC[C@@H](O)[C@H](C)CCC=C(C)C. The maximum Gasteiger partial charge on any atom is 0.0568 e. The highest BCUT2D eigenvalue weighted by Gasteiger charge is 2.11. The molecule has 0 bridgehead atoms. The number of hydrogen-bond acceptors (Lipinski definition) is 1. The third-order valence-corrected chi connectivity index (χ3v) is 2.50. The molecule has 0 aromatic heterocycles. The van der Waals surface area contributed by atoms with Gasteiger partial charge in [-0.2, -0.15) is 0 Å². The van der Waals surface area contributed by atoms with E-state index in [4.69, 9.17) is 0 Å². The van der Waals surface area contributed by atoms with E-state index in [1.54, 1.807) is 0 Å². The van der Waals surface area contributed by atoms with E-state index in [1.807, 2.05) is 6.08 Å². The van der Waals surface area contributed by atoms with E-state index in [1.165, 1.54) is 5.57 Å². The summed E-state index contributed by atoms with van der Waals surface area (Å²) >= 11 is 0. The Bertz CT molecular complexity index is 178. The summed E-state index contributed by atoms with van der Waals surface area (Å²) in [6, 6.07) is 0. The lowest BCUT2D eigenvalue weighted by Crippen LogP contribution is -2.16. The highest BCUT2D eigenvalue weighted by molar-refractivity contribution is 4.93. The average molecular weight is 196 g/mol. The van der Waals surface area contributed by atoms with E-state index < -0.39 is 0 Å². The van der Waals surface area contributed by atoms with Gasteiger partial charge in [0.2, 0.25) is 0 Å². The lowest BCUT2D eigenvalue weighted by molar-refractivity contribution is 0.104. The fourth-order valence-corrected chi connectivity index (χ4v) is 1.40. The summed E-state index contributed by atoms with van der Waals surface area (Å²) < 4.78 is 0. The number of aliphatic hydroxyl groups excluding tert-OH is 1. The van der Waals surface area contributed by atoms with Gasteiger partial charge in [-0.25, -0.2) is 0 Å². The summed E-state index contributed by atoms with van der Waals surface area (Å²) in [6.45, 7) is 9.99. The van der Waals surface area contributed by atoms with Gasteiger partial charge in [-0.1, -0.05) is 24.6 Å². The molecule has 2 atom stereocenters. The Morgan fingerprint density at radius 2 is 1.93 bits per heavy atom. The molecule has 0 aliphatic heterocycles. The molecule has 0 aliphatic carbocycles. The molecular weight excluding hydrogens is 172 g/mol. The van der Waals surface area contributed by atoms with Crippen LogP contribution in [0.25, 0.3) is 0 Å². The quantitative estimate of drug-likeness (QED) is 0.616. The van der Waals surface area contributed by atoms with E-state index in [2.05, 4.69) is 33.4 Å². The molecule has 0 aromatic carbocycles. The van der Waals surface area contributed by atoms with Crippen molar-refractivity contribution in [2.45, 2.75) is 52.6 Å². The number of hydrogen-bond donors (Lipinski definition) is 1. The smallest absolute Gasteiger partial charge is 0.0568 e. The molecule has 0 rings (SSSR count). The molecule has 0 radical (unpaired) electrons. The Hall–Kier alpha value is -0.560. The minimum absolute atomic E-state index is 0.168. The van der Waals surface area contributed by atoms with Crippen molar-refractivity contribution < 1.29 is 5.11 Å². The molecule has 82 valence electrons. The highest BCUT2D eigenvalue weighted by atomic mass is 16.3. The molecule has 1 heteroatoms. The van der Waals surface area contributed by atoms with Crippen LogP contribution in [-0.4, -0.2) is 11.2 Å². The third-order valence-electron chi connectivity index (χ3n) is 2.50. The Balaban J connectivity index is 3.66. The van der Waals surface area contributed by atoms with Crippen molar-refractivity contribution in [2.24, 2.45) is 5.92 Å².